The van der Waals surface area contributed by atoms with Gasteiger partial charge in [0.1, 0.15) is 0 Å². The lowest BCUT2D eigenvalue weighted by atomic mass is 9.87. The average molecular weight is 255 g/mol. The average Bonchev–Trinajstić information content (AvgIpc) is 2.36. The number of aliphatic imine (C=N–C) groups is 1. The molecule has 1 heterocycles. The van der Waals surface area contributed by atoms with Crippen molar-refractivity contribution in [3.05, 3.63) is 0 Å². The van der Waals surface area contributed by atoms with E-state index >= 15 is 0 Å². The van der Waals surface area contributed by atoms with Crippen LogP contribution in [0.5, 0.6) is 0 Å². The number of hydrogen-bond acceptors (Lipinski definition) is 2. The van der Waals surface area contributed by atoms with E-state index in [1.165, 1.54) is 6.42 Å². The summed E-state index contributed by atoms with van der Waals surface area (Å²) >= 11 is 0. The Labute approximate surface area is 111 Å². The maximum Gasteiger partial charge on any atom is 0.188 e. The molecule has 1 rings (SSSR count). The number of hydrogen-bond donors (Lipinski definition) is 2. The Kier molecular flexibility index (Phi) is 6.47. The van der Waals surface area contributed by atoms with Crippen molar-refractivity contribution in [1.82, 2.24) is 5.32 Å². The van der Waals surface area contributed by atoms with Crippen molar-refractivity contribution in [2.24, 2.45) is 22.6 Å². The van der Waals surface area contributed by atoms with Crippen LogP contribution in [-0.2, 0) is 4.74 Å². The smallest absolute Gasteiger partial charge is 0.188 e. The number of nitrogens with one attached hydrogen (secondary N) is 1. The molecule has 1 saturated heterocycles. The largest absolute Gasteiger partial charge is 0.378 e. The Bertz CT molecular complexity index is 266. The third-order valence-electron chi connectivity index (χ3n) is 3.65. The van der Waals surface area contributed by atoms with E-state index < -0.39 is 0 Å². The second-order valence-corrected chi connectivity index (χ2v) is 5.66. The van der Waals surface area contributed by atoms with E-state index in [0.717, 1.165) is 26.0 Å². The molecule has 0 aliphatic carbocycles. The van der Waals surface area contributed by atoms with E-state index in [0.29, 0.717) is 29.9 Å². The molecule has 0 radical (unpaired) electrons. The zero-order chi connectivity index (χ0) is 13.5. The standard InChI is InChI=1S/C14H29N3O/c1-5-11(4)17-14(15)16-9-12-7-6-8-18-13(12)10(2)3/h10-13H,5-9H2,1-4H3,(H3,15,16,17). The minimum Gasteiger partial charge on any atom is -0.378 e. The number of ether oxygens (including phenoxy) is 1. The minimum absolute atomic E-state index is 0.332. The van der Waals surface area contributed by atoms with Crippen molar-refractivity contribution in [2.75, 3.05) is 13.2 Å². The fourth-order valence-electron chi connectivity index (χ4n) is 2.41. The van der Waals surface area contributed by atoms with Gasteiger partial charge >= 0.3 is 0 Å². The summed E-state index contributed by atoms with van der Waals surface area (Å²) in [6, 6.07) is 0.386. The molecule has 0 aromatic rings. The summed E-state index contributed by atoms with van der Waals surface area (Å²) in [5.74, 6) is 1.63. The van der Waals surface area contributed by atoms with Gasteiger partial charge in [0.05, 0.1) is 6.10 Å². The van der Waals surface area contributed by atoms with Crippen LogP contribution in [0, 0.1) is 11.8 Å². The third kappa shape index (κ3) is 4.84. The lowest BCUT2D eigenvalue weighted by Crippen LogP contribution is -2.40. The lowest BCUT2D eigenvalue weighted by Gasteiger charge is -2.33. The van der Waals surface area contributed by atoms with Crippen molar-refractivity contribution in [1.29, 1.82) is 0 Å². The highest BCUT2D eigenvalue weighted by Gasteiger charge is 2.28. The van der Waals surface area contributed by atoms with Crippen molar-refractivity contribution in [2.45, 2.75) is 59.1 Å². The summed E-state index contributed by atoms with van der Waals surface area (Å²) in [6.45, 7) is 10.3. The van der Waals surface area contributed by atoms with Gasteiger partial charge < -0.3 is 15.8 Å². The first-order chi connectivity index (χ1) is 8.54. The first kappa shape index (κ1) is 15.3. The molecule has 0 spiro atoms. The van der Waals surface area contributed by atoms with Crippen LogP contribution in [0.1, 0.15) is 47.0 Å². The zero-order valence-electron chi connectivity index (χ0n) is 12.3. The van der Waals surface area contributed by atoms with Gasteiger partial charge in [-0.2, -0.15) is 0 Å². The van der Waals surface area contributed by atoms with Gasteiger partial charge in [-0.1, -0.05) is 20.8 Å². The van der Waals surface area contributed by atoms with Crippen molar-refractivity contribution < 1.29 is 4.74 Å². The Morgan fingerprint density at radius 3 is 2.78 bits per heavy atom. The summed E-state index contributed by atoms with van der Waals surface area (Å²) < 4.78 is 5.86. The van der Waals surface area contributed by atoms with Gasteiger partial charge in [0.15, 0.2) is 5.96 Å². The topological polar surface area (TPSA) is 59.6 Å². The van der Waals surface area contributed by atoms with E-state index in [2.05, 4.69) is 38.0 Å². The van der Waals surface area contributed by atoms with Gasteiger partial charge in [-0.3, -0.25) is 4.99 Å². The highest BCUT2D eigenvalue weighted by atomic mass is 16.5. The molecule has 3 unspecified atom stereocenters. The van der Waals surface area contributed by atoms with E-state index in [9.17, 15) is 0 Å². The first-order valence-electron chi connectivity index (χ1n) is 7.22. The molecule has 1 aliphatic heterocycles. The Morgan fingerprint density at radius 2 is 2.17 bits per heavy atom. The van der Waals surface area contributed by atoms with Gasteiger partial charge in [0.25, 0.3) is 0 Å². The minimum atomic E-state index is 0.332. The predicted octanol–water partition coefficient (Wildman–Crippen LogP) is 2.14. The van der Waals surface area contributed by atoms with E-state index in [4.69, 9.17) is 10.5 Å². The summed E-state index contributed by atoms with van der Waals surface area (Å²) in [5, 5.41) is 3.20. The number of nitrogens with two attached hydrogens (primary N) is 1. The van der Waals surface area contributed by atoms with Crippen LogP contribution < -0.4 is 11.1 Å². The number of nitrogens with zero attached hydrogens (tertiary/aromatic N) is 1. The molecule has 1 fully saturated rings. The van der Waals surface area contributed by atoms with E-state index in [1.807, 2.05) is 0 Å². The van der Waals surface area contributed by atoms with Crippen molar-refractivity contribution >= 4 is 5.96 Å². The van der Waals surface area contributed by atoms with Crippen LogP contribution in [0.25, 0.3) is 0 Å². The van der Waals surface area contributed by atoms with Crippen LogP contribution in [-0.4, -0.2) is 31.3 Å². The van der Waals surface area contributed by atoms with Crippen LogP contribution in [0.4, 0.5) is 0 Å². The molecule has 3 N–H and O–H groups in total. The van der Waals surface area contributed by atoms with Gasteiger partial charge in [-0.15, -0.1) is 0 Å². The molecule has 0 bridgehead atoms. The summed E-state index contributed by atoms with van der Waals surface area (Å²) in [6.07, 6.45) is 3.72. The van der Waals surface area contributed by atoms with Crippen molar-refractivity contribution in [3.63, 3.8) is 0 Å². The molecule has 0 amide bonds. The number of rotatable bonds is 5. The molecule has 4 nitrogen and oxygen atoms in total. The Hall–Kier alpha value is -0.770. The zero-order valence-corrected chi connectivity index (χ0v) is 12.3. The highest BCUT2D eigenvalue weighted by Crippen LogP contribution is 2.26. The maximum absolute atomic E-state index is 5.89. The van der Waals surface area contributed by atoms with Gasteiger partial charge in [0.2, 0.25) is 0 Å². The van der Waals surface area contributed by atoms with Crippen LogP contribution in [0.2, 0.25) is 0 Å². The molecule has 18 heavy (non-hydrogen) atoms. The lowest BCUT2D eigenvalue weighted by molar-refractivity contribution is -0.0491. The SMILES string of the molecule is CCC(C)NC(N)=NCC1CCCOC1C(C)C. The summed E-state index contributed by atoms with van der Waals surface area (Å²) in [5.41, 5.74) is 5.89. The van der Waals surface area contributed by atoms with E-state index in [1.54, 1.807) is 0 Å². The third-order valence-corrected chi connectivity index (χ3v) is 3.65. The van der Waals surface area contributed by atoms with Crippen LogP contribution >= 0.6 is 0 Å². The Balaban J connectivity index is 2.46. The molecule has 0 aromatic carbocycles. The molecule has 1 aliphatic rings. The van der Waals surface area contributed by atoms with Crippen molar-refractivity contribution in [3.8, 4) is 0 Å². The predicted molar refractivity (Wildman–Crippen MR) is 76.7 cm³/mol. The monoisotopic (exact) mass is 255 g/mol. The van der Waals surface area contributed by atoms with Crippen LogP contribution in [0.15, 0.2) is 4.99 Å². The first-order valence-corrected chi connectivity index (χ1v) is 7.22. The second-order valence-electron chi connectivity index (χ2n) is 5.66. The molecular weight excluding hydrogens is 226 g/mol. The molecule has 3 atom stereocenters. The highest BCUT2D eigenvalue weighted by molar-refractivity contribution is 5.78. The van der Waals surface area contributed by atoms with Gasteiger partial charge in [0, 0.05) is 25.1 Å². The Morgan fingerprint density at radius 1 is 1.44 bits per heavy atom. The van der Waals surface area contributed by atoms with Gasteiger partial charge in [-0.25, -0.2) is 0 Å². The van der Waals surface area contributed by atoms with Gasteiger partial charge in [-0.05, 0) is 32.1 Å². The molecule has 4 heteroatoms. The molecule has 0 saturated carbocycles. The summed E-state index contributed by atoms with van der Waals surface area (Å²) in [7, 11) is 0. The van der Waals surface area contributed by atoms with E-state index in [-0.39, 0.29) is 0 Å². The summed E-state index contributed by atoms with van der Waals surface area (Å²) in [4.78, 5) is 4.47. The molecule has 0 aromatic heterocycles. The van der Waals surface area contributed by atoms with Crippen LogP contribution in [0.3, 0.4) is 0 Å². The normalized spacial score (nSPS) is 27.3. The fourth-order valence-corrected chi connectivity index (χ4v) is 2.41. The number of guanidine groups is 1. The quantitative estimate of drug-likeness (QED) is 0.584. The maximum atomic E-state index is 5.89. The molecular formula is C14H29N3O. The fraction of sp³-hybridized carbons (Fsp3) is 0.929. The second kappa shape index (κ2) is 7.62. The molecule has 106 valence electrons.